The van der Waals surface area contributed by atoms with Crippen LogP contribution < -0.4 is 10.6 Å². The summed E-state index contributed by atoms with van der Waals surface area (Å²) in [5, 5.41) is 20.9. The minimum absolute atomic E-state index is 0.146. The number of benzene rings is 1. The zero-order valence-electron chi connectivity index (χ0n) is 9.28. The third-order valence-electron chi connectivity index (χ3n) is 2.03. The van der Waals surface area contributed by atoms with Crippen LogP contribution in [0.3, 0.4) is 0 Å². The van der Waals surface area contributed by atoms with Crippen molar-refractivity contribution in [3.63, 3.8) is 0 Å². The fourth-order valence-corrected chi connectivity index (χ4v) is 1.56. The summed E-state index contributed by atoms with van der Waals surface area (Å²) in [4.78, 5) is 21.9. The van der Waals surface area contributed by atoms with Gasteiger partial charge in [-0.1, -0.05) is 15.9 Å². The van der Waals surface area contributed by atoms with Crippen LogP contribution in [-0.4, -0.2) is 34.9 Å². The smallest absolute Gasteiger partial charge is 0.328 e. The maximum absolute atomic E-state index is 13.4. The second-order valence-corrected chi connectivity index (χ2v) is 4.33. The molecule has 1 rings (SSSR count). The molecule has 19 heavy (non-hydrogen) atoms. The number of hydrogen-bond donors (Lipinski definition) is 4. The fraction of sp³-hybridized carbons (Fsp3) is 0.200. The lowest BCUT2D eigenvalue weighted by Gasteiger charge is -2.13. The van der Waals surface area contributed by atoms with Crippen LogP contribution in [0.25, 0.3) is 0 Å². The van der Waals surface area contributed by atoms with Gasteiger partial charge < -0.3 is 20.8 Å². The topological polar surface area (TPSA) is 98.7 Å². The molecule has 0 aliphatic carbocycles. The molecular weight excluding hydrogens is 330 g/mol. The predicted molar refractivity (Wildman–Crippen MR) is 64.7 cm³/mol. The van der Waals surface area contributed by atoms with Gasteiger partial charge in [0.05, 0.1) is 6.61 Å². The van der Waals surface area contributed by atoms with Crippen molar-refractivity contribution < 1.29 is 28.6 Å². The first-order valence-corrected chi connectivity index (χ1v) is 5.70. The Labute approximate surface area is 114 Å². The molecule has 0 aromatic heterocycles. The van der Waals surface area contributed by atoms with Crippen molar-refractivity contribution in [1.82, 2.24) is 5.32 Å². The van der Waals surface area contributed by atoms with Crippen molar-refractivity contribution in [2.75, 3.05) is 11.9 Å². The van der Waals surface area contributed by atoms with E-state index in [9.17, 15) is 18.4 Å². The molecule has 0 spiro atoms. The quantitative estimate of drug-likeness (QED) is 0.664. The van der Waals surface area contributed by atoms with E-state index in [1.54, 1.807) is 0 Å². The first-order valence-electron chi connectivity index (χ1n) is 4.91. The average Bonchev–Trinajstić information content (AvgIpc) is 2.30. The number of aliphatic hydroxyl groups is 1. The lowest BCUT2D eigenvalue weighted by Crippen LogP contribution is -2.45. The maximum Gasteiger partial charge on any atom is 0.328 e. The Balaban J connectivity index is 2.80. The van der Waals surface area contributed by atoms with Crippen LogP contribution in [-0.2, 0) is 4.79 Å². The van der Waals surface area contributed by atoms with Gasteiger partial charge in [-0.2, -0.15) is 0 Å². The van der Waals surface area contributed by atoms with E-state index in [2.05, 4.69) is 15.9 Å². The van der Waals surface area contributed by atoms with Crippen molar-refractivity contribution >= 4 is 33.6 Å². The molecule has 0 aliphatic rings. The van der Waals surface area contributed by atoms with E-state index in [-0.39, 0.29) is 4.47 Å². The molecule has 6 nitrogen and oxygen atoms in total. The van der Waals surface area contributed by atoms with Crippen molar-refractivity contribution in [3.05, 3.63) is 28.2 Å². The highest BCUT2D eigenvalue weighted by Crippen LogP contribution is 2.23. The number of amides is 2. The number of rotatable bonds is 4. The number of carbonyl (C=O) groups excluding carboxylic acids is 1. The van der Waals surface area contributed by atoms with E-state index in [4.69, 9.17) is 10.2 Å². The molecule has 2 amide bonds. The summed E-state index contributed by atoms with van der Waals surface area (Å²) >= 11 is 2.86. The van der Waals surface area contributed by atoms with Gasteiger partial charge in [-0.05, 0) is 12.1 Å². The molecule has 0 unspecified atom stereocenters. The minimum Gasteiger partial charge on any atom is -0.480 e. The molecule has 9 heteroatoms. The number of carboxylic acids is 1. The third kappa shape index (κ3) is 4.14. The van der Waals surface area contributed by atoms with Crippen LogP contribution in [0.5, 0.6) is 0 Å². The molecule has 0 bridgehead atoms. The normalized spacial score (nSPS) is 11.8. The molecule has 1 atom stereocenters. The Bertz CT molecular complexity index is 489. The van der Waals surface area contributed by atoms with Crippen LogP contribution in [0, 0.1) is 11.6 Å². The SMILES string of the molecule is O=C(Nc1c(F)cc(Br)cc1F)N[C@H](CO)C(=O)O. The fourth-order valence-electron chi connectivity index (χ4n) is 1.15. The molecular formula is C10H9BrF2N2O4. The molecule has 0 aliphatic heterocycles. The molecule has 0 saturated heterocycles. The maximum atomic E-state index is 13.4. The Kier molecular flexibility index (Phi) is 5.19. The highest BCUT2D eigenvalue weighted by molar-refractivity contribution is 9.10. The second-order valence-electron chi connectivity index (χ2n) is 3.42. The standard InChI is InChI=1S/C10H9BrF2N2O4/c11-4-1-5(12)8(6(13)2-4)15-10(19)14-7(3-16)9(17)18/h1-2,7,16H,3H2,(H,17,18)(H2,14,15,19)/t7-/m1/s1. The van der Waals surface area contributed by atoms with Gasteiger partial charge in [0.1, 0.15) is 5.69 Å². The lowest BCUT2D eigenvalue weighted by molar-refractivity contribution is -0.140. The van der Waals surface area contributed by atoms with Gasteiger partial charge in [0.25, 0.3) is 0 Å². The number of halogens is 3. The number of aliphatic hydroxyl groups excluding tert-OH is 1. The monoisotopic (exact) mass is 338 g/mol. The Morgan fingerprint density at radius 2 is 1.84 bits per heavy atom. The van der Waals surface area contributed by atoms with Gasteiger partial charge in [-0.3, -0.25) is 0 Å². The van der Waals surface area contributed by atoms with Gasteiger partial charge >= 0.3 is 12.0 Å². The largest absolute Gasteiger partial charge is 0.480 e. The Morgan fingerprint density at radius 1 is 1.32 bits per heavy atom. The molecule has 0 fully saturated rings. The minimum atomic E-state index is -1.57. The van der Waals surface area contributed by atoms with Gasteiger partial charge in [-0.25, -0.2) is 18.4 Å². The van der Waals surface area contributed by atoms with Crippen LogP contribution in [0.15, 0.2) is 16.6 Å². The van der Waals surface area contributed by atoms with Crippen LogP contribution in [0.4, 0.5) is 19.3 Å². The molecule has 4 N–H and O–H groups in total. The van der Waals surface area contributed by atoms with E-state index >= 15 is 0 Å². The van der Waals surface area contributed by atoms with E-state index in [1.165, 1.54) is 0 Å². The van der Waals surface area contributed by atoms with Crippen LogP contribution in [0.1, 0.15) is 0 Å². The summed E-state index contributed by atoms with van der Waals surface area (Å²) in [6, 6.07) is -0.859. The first-order chi connectivity index (χ1) is 8.85. The zero-order chi connectivity index (χ0) is 14.6. The lowest BCUT2D eigenvalue weighted by atomic mass is 10.3. The van der Waals surface area contributed by atoms with E-state index in [0.29, 0.717) is 0 Å². The van der Waals surface area contributed by atoms with Crippen molar-refractivity contribution in [1.29, 1.82) is 0 Å². The first kappa shape index (κ1) is 15.3. The van der Waals surface area contributed by atoms with Gasteiger partial charge in [0.15, 0.2) is 17.7 Å². The average molecular weight is 339 g/mol. The molecule has 0 radical (unpaired) electrons. The number of aliphatic carboxylic acids is 1. The summed E-state index contributed by atoms with van der Waals surface area (Å²) in [7, 11) is 0. The molecule has 1 aromatic rings. The van der Waals surface area contributed by atoms with Crippen LogP contribution in [0.2, 0.25) is 0 Å². The highest BCUT2D eigenvalue weighted by atomic mass is 79.9. The molecule has 0 heterocycles. The number of carboxylic acid groups (broad SMARTS) is 1. The van der Waals surface area contributed by atoms with Gasteiger partial charge in [0, 0.05) is 4.47 Å². The molecule has 104 valence electrons. The van der Waals surface area contributed by atoms with E-state index < -0.39 is 42.0 Å². The number of urea groups is 1. The molecule has 0 saturated carbocycles. The van der Waals surface area contributed by atoms with Gasteiger partial charge in [0.2, 0.25) is 0 Å². The Morgan fingerprint density at radius 3 is 2.26 bits per heavy atom. The highest BCUT2D eigenvalue weighted by Gasteiger charge is 2.20. The van der Waals surface area contributed by atoms with E-state index in [1.807, 2.05) is 10.6 Å². The van der Waals surface area contributed by atoms with E-state index in [0.717, 1.165) is 12.1 Å². The summed E-state index contributed by atoms with van der Waals surface area (Å²) in [6.07, 6.45) is 0. The van der Waals surface area contributed by atoms with Gasteiger partial charge in [-0.15, -0.1) is 0 Å². The number of carbonyl (C=O) groups is 2. The number of nitrogens with one attached hydrogen (secondary N) is 2. The summed E-state index contributed by atoms with van der Waals surface area (Å²) in [5.41, 5.74) is -0.720. The van der Waals surface area contributed by atoms with Crippen molar-refractivity contribution in [2.45, 2.75) is 6.04 Å². The number of hydrogen-bond acceptors (Lipinski definition) is 3. The van der Waals surface area contributed by atoms with Crippen molar-refractivity contribution in [2.24, 2.45) is 0 Å². The van der Waals surface area contributed by atoms with Crippen LogP contribution >= 0.6 is 15.9 Å². The predicted octanol–water partition coefficient (Wildman–Crippen LogP) is 1.29. The zero-order valence-corrected chi connectivity index (χ0v) is 10.9. The third-order valence-corrected chi connectivity index (χ3v) is 2.49. The molecule has 1 aromatic carbocycles. The summed E-state index contributed by atoms with van der Waals surface area (Å²) < 4.78 is 26.9. The number of anilines is 1. The second kappa shape index (κ2) is 6.43. The summed E-state index contributed by atoms with van der Waals surface area (Å²) in [5.74, 6) is -3.54. The summed E-state index contributed by atoms with van der Waals surface area (Å²) in [6.45, 7) is -0.853. The van der Waals surface area contributed by atoms with Crippen molar-refractivity contribution in [3.8, 4) is 0 Å². The Hall–Kier alpha value is -1.74.